The number of nitrogens with one attached hydrogen (secondary N) is 1. The molecular formula is C15H19NO5. The van der Waals surface area contributed by atoms with Crippen LogP contribution in [-0.2, 0) is 19.1 Å². The maximum Gasteiger partial charge on any atom is 0.328 e. The number of aryl methyl sites for hydroxylation is 1. The van der Waals surface area contributed by atoms with Gasteiger partial charge in [0, 0.05) is 18.9 Å². The van der Waals surface area contributed by atoms with Gasteiger partial charge in [-0.3, -0.25) is 4.79 Å². The molecular weight excluding hydrogens is 274 g/mol. The van der Waals surface area contributed by atoms with Crippen molar-refractivity contribution >= 4 is 23.6 Å². The number of carboxylic acids is 1. The topological polar surface area (TPSA) is 84.9 Å². The molecule has 0 fully saturated rings. The van der Waals surface area contributed by atoms with Crippen molar-refractivity contribution in [2.45, 2.75) is 6.92 Å². The van der Waals surface area contributed by atoms with E-state index in [1.807, 2.05) is 13.0 Å². The Morgan fingerprint density at radius 3 is 2.76 bits per heavy atom. The van der Waals surface area contributed by atoms with E-state index < -0.39 is 5.97 Å². The molecule has 0 unspecified atom stereocenters. The van der Waals surface area contributed by atoms with Crippen molar-refractivity contribution in [1.82, 2.24) is 0 Å². The van der Waals surface area contributed by atoms with Crippen molar-refractivity contribution < 1.29 is 24.2 Å². The van der Waals surface area contributed by atoms with Gasteiger partial charge in [-0.2, -0.15) is 0 Å². The molecule has 2 N–H and O–H groups in total. The molecule has 0 saturated carbocycles. The third-order valence-corrected chi connectivity index (χ3v) is 2.63. The minimum Gasteiger partial charge on any atom is -0.478 e. The summed E-state index contributed by atoms with van der Waals surface area (Å²) in [5, 5.41) is 11.3. The zero-order valence-corrected chi connectivity index (χ0v) is 12.1. The van der Waals surface area contributed by atoms with E-state index in [1.54, 1.807) is 19.2 Å². The summed E-state index contributed by atoms with van der Waals surface area (Å²) < 4.78 is 9.92. The normalized spacial score (nSPS) is 10.8. The van der Waals surface area contributed by atoms with Crippen LogP contribution in [0.4, 0.5) is 5.69 Å². The summed E-state index contributed by atoms with van der Waals surface area (Å²) in [6.07, 6.45) is 2.55. The Hall–Kier alpha value is -2.18. The summed E-state index contributed by atoms with van der Waals surface area (Å²) in [6, 6.07) is 5.27. The summed E-state index contributed by atoms with van der Waals surface area (Å²) in [5.41, 5.74) is 2.24. The third kappa shape index (κ3) is 6.69. The molecule has 6 nitrogen and oxygen atoms in total. The molecule has 0 aliphatic rings. The van der Waals surface area contributed by atoms with Crippen molar-refractivity contribution in [3.8, 4) is 0 Å². The van der Waals surface area contributed by atoms with Crippen LogP contribution < -0.4 is 5.32 Å². The van der Waals surface area contributed by atoms with Gasteiger partial charge in [-0.15, -0.1) is 0 Å². The van der Waals surface area contributed by atoms with Gasteiger partial charge >= 0.3 is 5.97 Å². The van der Waals surface area contributed by atoms with Gasteiger partial charge in [-0.1, -0.05) is 6.07 Å². The van der Waals surface area contributed by atoms with Gasteiger partial charge in [0.2, 0.25) is 5.91 Å². The molecule has 1 aromatic rings. The van der Waals surface area contributed by atoms with Gasteiger partial charge in [0.15, 0.2) is 0 Å². The van der Waals surface area contributed by atoms with Crippen LogP contribution in [0.1, 0.15) is 11.1 Å². The average molecular weight is 293 g/mol. The van der Waals surface area contributed by atoms with E-state index in [4.69, 9.17) is 14.6 Å². The molecule has 0 aromatic heterocycles. The maximum absolute atomic E-state index is 11.6. The molecule has 114 valence electrons. The molecule has 0 aliphatic carbocycles. The average Bonchev–Trinajstić information content (AvgIpc) is 2.44. The first-order chi connectivity index (χ1) is 10.0. The SMILES string of the molecule is COCCOCC(=O)Nc1ccc(C)c(/C=C/C(=O)O)c1. The molecule has 6 heteroatoms. The van der Waals surface area contributed by atoms with Crippen LogP contribution in [0, 0.1) is 6.92 Å². The molecule has 0 bridgehead atoms. The highest BCUT2D eigenvalue weighted by atomic mass is 16.5. The van der Waals surface area contributed by atoms with Gasteiger partial charge in [-0.05, 0) is 36.3 Å². The Bertz CT molecular complexity index is 525. The molecule has 0 aliphatic heterocycles. The van der Waals surface area contributed by atoms with Crippen molar-refractivity contribution in [3.05, 3.63) is 35.4 Å². The molecule has 0 saturated heterocycles. The van der Waals surface area contributed by atoms with Gasteiger partial charge in [0.05, 0.1) is 13.2 Å². The highest BCUT2D eigenvalue weighted by Gasteiger charge is 2.04. The first-order valence-corrected chi connectivity index (χ1v) is 6.41. The standard InChI is InChI=1S/C15H19NO5/c1-11-3-5-13(9-12(11)4-6-15(18)19)16-14(17)10-21-8-7-20-2/h3-6,9H,7-8,10H2,1-2H3,(H,16,17)(H,18,19)/b6-4+. The second-order valence-electron chi connectivity index (χ2n) is 4.34. The molecule has 0 heterocycles. The van der Waals surface area contributed by atoms with E-state index in [1.165, 1.54) is 6.08 Å². The minimum absolute atomic E-state index is 0.0580. The molecule has 1 aromatic carbocycles. The van der Waals surface area contributed by atoms with Crippen LogP contribution in [0.25, 0.3) is 6.08 Å². The maximum atomic E-state index is 11.6. The lowest BCUT2D eigenvalue weighted by atomic mass is 10.1. The lowest BCUT2D eigenvalue weighted by Crippen LogP contribution is -2.19. The highest BCUT2D eigenvalue weighted by molar-refractivity contribution is 5.92. The van der Waals surface area contributed by atoms with Crippen LogP contribution in [0.2, 0.25) is 0 Å². The number of carbonyl (C=O) groups excluding carboxylic acids is 1. The van der Waals surface area contributed by atoms with Crippen molar-refractivity contribution in [3.63, 3.8) is 0 Å². The molecule has 21 heavy (non-hydrogen) atoms. The number of ether oxygens (including phenoxy) is 2. The van der Waals surface area contributed by atoms with Crippen molar-refractivity contribution in [2.24, 2.45) is 0 Å². The largest absolute Gasteiger partial charge is 0.478 e. The second kappa shape index (κ2) is 8.89. The fraction of sp³-hybridized carbons (Fsp3) is 0.333. The van der Waals surface area contributed by atoms with Crippen LogP contribution in [0.15, 0.2) is 24.3 Å². The van der Waals surface area contributed by atoms with E-state index in [0.717, 1.165) is 17.2 Å². The van der Waals surface area contributed by atoms with Crippen LogP contribution >= 0.6 is 0 Å². The molecule has 1 rings (SSSR count). The van der Waals surface area contributed by atoms with E-state index in [2.05, 4.69) is 5.32 Å². The number of hydrogen-bond donors (Lipinski definition) is 2. The fourth-order valence-corrected chi connectivity index (χ4v) is 1.56. The van der Waals surface area contributed by atoms with Crippen LogP contribution in [-0.4, -0.2) is 43.9 Å². The fourth-order valence-electron chi connectivity index (χ4n) is 1.56. The summed E-state index contributed by atoms with van der Waals surface area (Å²) in [6.45, 7) is 2.59. The molecule has 0 atom stereocenters. The number of hydrogen-bond acceptors (Lipinski definition) is 4. The third-order valence-electron chi connectivity index (χ3n) is 2.63. The first-order valence-electron chi connectivity index (χ1n) is 6.41. The number of carbonyl (C=O) groups is 2. The Morgan fingerprint density at radius 1 is 1.33 bits per heavy atom. The van der Waals surface area contributed by atoms with Crippen molar-refractivity contribution in [1.29, 1.82) is 0 Å². The highest BCUT2D eigenvalue weighted by Crippen LogP contribution is 2.16. The summed E-state index contributed by atoms with van der Waals surface area (Å²) >= 11 is 0. The van der Waals surface area contributed by atoms with Gasteiger partial charge < -0.3 is 19.9 Å². The second-order valence-corrected chi connectivity index (χ2v) is 4.34. The molecule has 0 spiro atoms. The number of benzene rings is 1. The zero-order valence-electron chi connectivity index (χ0n) is 12.1. The minimum atomic E-state index is -1.02. The van der Waals surface area contributed by atoms with E-state index >= 15 is 0 Å². The summed E-state index contributed by atoms with van der Waals surface area (Å²) in [5.74, 6) is -1.29. The van der Waals surface area contributed by atoms with Gasteiger partial charge in [-0.25, -0.2) is 4.79 Å². The lowest BCUT2D eigenvalue weighted by molar-refractivity contribution is -0.131. The Kier molecular flexibility index (Phi) is 7.14. The first kappa shape index (κ1) is 16.9. The van der Waals surface area contributed by atoms with E-state index in [0.29, 0.717) is 18.9 Å². The van der Waals surface area contributed by atoms with Gasteiger partial charge in [0.1, 0.15) is 6.61 Å². The van der Waals surface area contributed by atoms with E-state index in [-0.39, 0.29) is 12.5 Å². The monoisotopic (exact) mass is 293 g/mol. The predicted octanol–water partition coefficient (Wildman–Crippen LogP) is 1.69. The smallest absolute Gasteiger partial charge is 0.328 e. The predicted molar refractivity (Wildman–Crippen MR) is 79.2 cm³/mol. The number of aliphatic carboxylic acids is 1. The number of anilines is 1. The quantitative estimate of drug-likeness (QED) is 0.563. The molecule has 0 radical (unpaired) electrons. The van der Waals surface area contributed by atoms with E-state index in [9.17, 15) is 9.59 Å². The Labute approximate surface area is 123 Å². The van der Waals surface area contributed by atoms with Crippen LogP contribution in [0.3, 0.4) is 0 Å². The van der Waals surface area contributed by atoms with Gasteiger partial charge in [0.25, 0.3) is 0 Å². The van der Waals surface area contributed by atoms with Crippen molar-refractivity contribution in [2.75, 3.05) is 32.2 Å². The Morgan fingerprint density at radius 2 is 2.10 bits per heavy atom. The number of rotatable bonds is 8. The lowest BCUT2D eigenvalue weighted by Gasteiger charge is -2.08. The summed E-state index contributed by atoms with van der Waals surface area (Å²) in [7, 11) is 1.56. The van der Waals surface area contributed by atoms with Crippen LogP contribution in [0.5, 0.6) is 0 Å². The Balaban J connectivity index is 2.61. The molecule has 1 amide bonds. The zero-order chi connectivity index (χ0) is 15.7. The number of methoxy groups -OCH3 is 1. The number of carboxylic acid groups (broad SMARTS) is 1. The summed E-state index contributed by atoms with van der Waals surface area (Å²) in [4.78, 5) is 22.2. The number of amides is 1.